The lowest BCUT2D eigenvalue weighted by Gasteiger charge is -2.08. The van der Waals surface area contributed by atoms with E-state index < -0.39 is 5.97 Å². The van der Waals surface area contributed by atoms with Crippen LogP contribution in [0.5, 0.6) is 5.75 Å². The molecule has 0 aliphatic carbocycles. The fourth-order valence-corrected chi connectivity index (χ4v) is 4.03. The summed E-state index contributed by atoms with van der Waals surface area (Å²) in [6.45, 7) is 0.379. The fraction of sp³-hybridized carbons (Fsp3) is 0.0909. The van der Waals surface area contributed by atoms with Gasteiger partial charge in [-0.05, 0) is 53.2 Å². The molecule has 0 fully saturated rings. The van der Waals surface area contributed by atoms with E-state index in [4.69, 9.17) is 4.74 Å². The molecule has 2 aromatic heterocycles. The maximum atomic E-state index is 11.7. The van der Waals surface area contributed by atoms with E-state index >= 15 is 0 Å². The van der Waals surface area contributed by atoms with Crippen LogP contribution in [0.25, 0.3) is 11.1 Å². The smallest absolute Gasteiger partial charge is 0.359 e. The molecule has 2 aromatic carbocycles. The number of ether oxygens (including phenoxy) is 1. The van der Waals surface area contributed by atoms with Crippen molar-refractivity contribution in [1.29, 1.82) is 0 Å². The molecule has 4 aromatic rings. The minimum atomic E-state index is -1.13. The number of carboxylic acid groups (broad SMARTS) is 1. The van der Waals surface area contributed by atoms with Crippen molar-refractivity contribution in [3.05, 3.63) is 82.6 Å². The van der Waals surface area contributed by atoms with Gasteiger partial charge in [-0.15, -0.1) is 5.10 Å². The summed E-state index contributed by atoms with van der Waals surface area (Å²) in [6.07, 6.45) is 1.77. The normalized spacial score (nSPS) is 10.8. The number of hydrogen-bond acceptors (Lipinski definition) is 6. The van der Waals surface area contributed by atoms with E-state index in [1.165, 1.54) is 11.8 Å². The first kappa shape index (κ1) is 21.1. The van der Waals surface area contributed by atoms with Crippen LogP contribution in [0.4, 0.5) is 0 Å². The number of pyridine rings is 1. The van der Waals surface area contributed by atoms with Crippen LogP contribution in [0, 0.1) is 0 Å². The zero-order valence-corrected chi connectivity index (χ0v) is 18.8. The van der Waals surface area contributed by atoms with Gasteiger partial charge < -0.3 is 9.84 Å². The van der Waals surface area contributed by atoms with Crippen molar-refractivity contribution in [2.75, 3.05) is 7.11 Å². The zero-order valence-electron chi connectivity index (χ0n) is 16.4. The molecule has 0 amide bonds. The zero-order chi connectivity index (χ0) is 21.8. The number of aromatic carboxylic acids is 1. The molecule has 0 saturated heterocycles. The third kappa shape index (κ3) is 4.95. The Morgan fingerprint density at radius 3 is 2.39 bits per heavy atom. The number of methoxy groups -OCH3 is 1. The van der Waals surface area contributed by atoms with Crippen LogP contribution in [-0.2, 0) is 6.54 Å². The lowest BCUT2D eigenvalue weighted by molar-refractivity contribution is 0.0686. The second-order valence-corrected chi connectivity index (χ2v) is 8.47. The Hall–Kier alpha value is -3.17. The molecule has 7 nitrogen and oxygen atoms in total. The van der Waals surface area contributed by atoms with Crippen molar-refractivity contribution in [3.63, 3.8) is 0 Å². The van der Waals surface area contributed by atoms with E-state index in [-0.39, 0.29) is 5.69 Å². The van der Waals surface area contributed by atoms with Crippen LogP contribution in [0.2, 0.25) is 0 Å². The van der Waals surface area contributed by atoms with Crippen LogP contribution in [0.15, 0.2) is 81.4 Å². The van der Waals surface area contributed by atoms with Gasteiger partial charge in [-0.25, -0.2) is 14.5 Å². The average molecular weight is 497 g/mol. The predicted octanol–water partition coefficient (Wildman–Crippen LogP) is 5.01. The molecule has 1 N–H and O–H groups in total. The molecule has 0 spiro atoms. The Morgan fingerprint density at radius 2 is 1.77 bits per heavy atom. The van der Waals surface area contributed by atoms with Crippen molar-refractivity contribution in [2.24, 2.45) is 0 Å². The van der Waals surface area contributed by atoms with Crippen LogP contribution < -0.4 is 4.74 Å². The second-order valence-electron chi connectivity index (χ2n) is 6.55. The topological polar surface area (TPSA) is 90.1 Å². The number of rotatable bonds is 7. The molecule has 0 unspecified atom stereocenters. The molecule has 0 radical (unpaired) electrons. The number of nitrogens with zero attached hydrogens (tertiary/aromatic N) is 4. The summed E-state index contributed by atoms with van der Waals surface area (Å²) in [5.41, 5.74) is 2.87. The van der Waals surface area contributed by atoms with Crippen molar-refractivity contribution in [1.82, 2.24) is 20.0 Å². The summed E-state index contributed by atoms with van der Waals surface area (Å²) < 4.78 is 7.76. The lowest BCUT2D eigenvalue weighted by atomic mass is 10.1. The Bertz CT molecular complexity index is 1190. The molecule has 156 valence electrons. The third-order valence-corrected chi connectivity index (χ3v) is 6.08. The maximum absolute atomic E-state index is 11.7. The number of carbonyl (C=O) groups is 1. The van der Waals surface area contributed by atoms with Crippen LogP contribution in [0.1, 0.15) is 16.1 Å². The Labute approximate surface area is 191 Å². The number of carboxylic acids is 1. The van der Waals surface area contributed by atoms with E-state index in [0.29, 0.717) is 16.6 Å². The molecule has 4 rings (SSSR count). The monoisotopic (exact) mass is 496 g/mol. The van der Waals surface area contributed by atoms with Crippen molar-refractivity contribution in [3.8, 4) is 16.9 Å². The molecule has 9 heteroatoms. The van der Waals surface area contributed by atoms with Gasteiger partial charge in [-0.3, -0.25) is 0 Å². The Kier molecular flexibility index (Phi) is 6.34. The molecule has 31 heavy (non-hydrogen) atoms. The number of halogens is 1. The Balaban J connectivity index is 1.58. The highest BCUT2D eigenvalue weighted by Gasteiger charge is 2.21. The lowest BCUT2D eigenvalue weighted by Crippen LogP contribution is -2.05. The van der Waals surface area contributed by atoms with Gasteiger partial charge in [0, 0.05) is 16.2 Å². The number of benzene rings is 2. The summed E-state index contributed by atoms with van der Waals surface area (Å²) in [4.78, 5) is 16.2. The van der Waals surface area contributed by atoms with E-state index in [2.05, 4.69) is 31.2 Å². The summed E-state index contributed by atoms with van der Waals surface area (Å²) in [5.74, 6) is -0.381. The highest BCUT2D eigenvalue weighted by Crippen LogP contribution is 2.30. The standard InChI is InChI=1S/C22H17BrN4O3S/c1-30-18-9-2-14(3-10-18)13-27-21(20(22(28)29)25-26-27)31-19-11-6-16(12-24-19)15-4-7-17(23)8-5-15/h2-12H,13H2,1H3,(H,28,29). The van der Waals surface area contributed by atoms with E-state index in [9.17, 15) is 9.90 Å². The minimum absolute atomic E-state index is 0.0997. The molecule has 2 heterocycles. The SMILES string of the molecule is COc1ccc(Cn2nnc(C(=O)O)c2Sc2ccc(-c3ccc(Br)cc3)cn2)cc1. The summed E-state index contributed by atoms with van der Waals surface area (Å²) in [7, 11) is 1.61. The van der Waals surface area contributed by atoms with E-state index in [1.807, 2.05) is 60.7 Å². The molecule has 0 saturated carbocycles. The maximum Gasteiger partial charge on any atom is 0.359 e. The van der Waals surface area contributed by atoms with Gasteiger partial charge in [0.05, 0.1) is 13.7 Å². The van der Waals surface area contributed by atoms with Crippen LogP contribution in [-0.4, -0.2) is 38.2 Å². The fourth-order valence-electron chi connectivity index (χ4n) is 2.90. The van der Waals surface area contributed by atoms with Gasteiger partial charge in [0.15, 0.2) is 0 Å². The number of aromatic nitrogens is 4. The first-order chi connectivity index (χ1) is 15.0. The molecule has 0 bridgehead atoms. The average Bonchev–Trinajstić information content (AvgIpc) is 3.18. The van der Waals surface area contributed by atoms with Gasteiger partial charge in [0.25, 0.3) is 0 Å². The van der Waals surface area contributed by atoms with Crippen LogP contribution in [0.3, 0.4) is 0 Å². The van der Waals surface area contributed by atoms with Crippen molar-refractivity contribution >= 4 is 33.7 Å². The van der Waals surface area contributed by atoms with Crippen LogP contribution >= 0.6 is 27.7 Å². The van der Waals surface area contributed by atoms with Gasteiger partial charge in [0.1, 0.15) is 15.8 Å². The quantitative estimate of drug-likeness (QED) is 0.384. The summed E-state index contributed by atoms with van der Waals surface area (Å²) >= 11 is 4.65. The first-order valence-corrected chi connectivity index (χ1v) is 10.8. The molecule has 0 aliphatic heterocycles. The molecular weight excluding hydrogens is 480 g/mol. The largest absolute Gasteiger partial charge is 0.497 e. The van der Waals surface area contributed by atoms with E-state index in [0.717, 1.165) is 26.9 Å². The predicted molar refractivity (Wildman–Crippen MR) is 121 cm³/mol. The summed E-state index contributed by atoms with van der Waals surface area (Å²) in [5, 5.41) is 18.5. The highest BCUT2D eigenvalue weighted by molar-refractivity contribution is 9.10. The first-order valence-electron chi connectivity index (χ1n) is 9.23. The van der Waals surface area contributed by atoms with Gasteiger partial charge >= 0.3 is 5.97 Å². The van der Waals surface area contributed by atoms with Gasteiger partial charge in [-0.1, -0.05) is 51.5 Å². The molecule has 0 aliphatic rings. The van der Waals surface area contributed by atoms with Crippen molar-refractivity contribution < 1.29 is 14.6 Å². The molecule has 0 atom stereocenters. The Morgan fingerprint density at radius 1 is 1.06 bits per heavy atom. The minimum Gasteiger partial charge on any atom is -0.497 e. The van der Waals surface area contributed by atoms with Gasteiger partial charge in [-0.2, -0.15) is 0 Å². The third-order valence-electron chi connectivity index (χ3n) is 4.50. The second kappa shape index (κ2) is 9.32. The van der Waals surface area contributed by atoms with E-state index in [1.54, 1.807) is 18.0 Å². The highest BCUT2D eigenvalue weighted by atomic mass is 79.9. The summed E-state index contributed by atoms with van der Waals surface area (Å²) in [6, 6.07) is 19.3. The molecular formula is C22H17BrN4O3S. The number of hydrogen-bond donors (Lipinski definition) is 1. The van der Waals surface area contributed by atoms with Gasteiger partial charge in [0.2, 0.25) is 5.69 Å². The van der Waals surface area contributed by atoms with Crippen molar-refractivity contribution in [2.45, 2.75) is 16.6 Å².